The van der Waals surface area contributed by atoms with Crippen LogP contribution in [0.3, 0.4) is 0 Å². The van der Waals surface area contributed by atoms with E-state index in [4.69, 9.17) is 35.3 Å². The normalized spacial score (nSPS) is 13.5. The summed E-state index contributed by atoms with van der Waals surface area (Å²) in [6, 6.07) is 65.8. The number of para-hydroxylation sites is 1. The van der Waals surface area contributed by atoms with E-state index in [1.54, 1.807) is 41.0 Å². The number of aliphatic hydroxyl groups excluding tert-OH is 3. The van der Waals surface area contributed by atoms with Gasteiger partial charge in [-0.3, -0.25) is 19.4 Å². The van der Waals surface area contributed by atoms with Gasteiger partial charge in [0.2, 0.25) is 0 Å². The molecule has 11 heterocycles. The number of aromatic hydroxyl groups is 1. The molecular weight excluding hydrogens is 2290 g/mol. The van der Waals surface area contributed by atoms with Crippen molar-refractivity contribution in [3.8, 4) is 38.1 Å². The number of aliphatic imine (C=N–C) groups is 4. The number of thiophene rings is 2. The van der Waals surface area contributed by atoms with E-state index in [0.29, 0.717) is 5.52 Å². The van der Waals surface area contributed by atoms with Gasteiger partial charge < -0.3 is 35.4 Å². The second-order valence-corrected chi connectivity index (χ2v) is 29.6. The number of allylic oxidation sites excluding steroid dienone is 18. The predicted molar refractivity (Wildman–Crippen MR) is 498 cm³/mol. The molecule has 11 aromatic rings. The van der Waals surface area contributed by atoms with Gasteiger partial charge in [0, 0.05) is 141 Å². The molecule has 123 heavy (non-hydrogen) atoms. The van der Waals surface area contributed by atoms with Crippen LogP contribution in [0.2, 0.25) is 0 Å². The van der Waals surface area contributed by atoms with Crippen LogP contribution >= 0.6 is 22.7 Å². The maximum absolute atomic E-state index is 10.0. The van der Waals surface area contributed by atoms with Gasteiger partial charge in [0.05, 0.1) is 62.9 Å². The third-order valence-corrected chi connectivity index (χ3v) is 21.0. The summed E-state index contributed by atoms with van der Waals surface area (Å²) in [5, 5.41) is 40.1. The van der Waals surface area contributed by atoms with Crippen LogP contribution in [0.5, 0.6) is 5.75 Å². The van der Waals surface area contributed by atoms with E-state index in [1.165, 1.54) is 135 Å². The van der Waals surface area contributed by atoms with Crippen LogP contribution in [0.25, 0.3) is 74.2 Å². The number of nitrogens with zero attached hydrogens (tertiary/aromatic N) is 8. The zero-order valence-corrected chi connectivity index (χ0v) is 82.0. The van der Waals surface area contributed by atoms with Gasteiger partial charge in [-0.15, -0.1) is 83.1 Å². The van der Waals surface area contributed by atoms with E-state index >= 15 is 0 Å². The van der Waals surface area contributed by atoms with Crippen molar-refractivity contribution in [3.05, 3.63) is 340 Å². The molecule has 3 radical (unpaired) electrons. The Balaban J connectivity index is 0.000000321. The number of carbonyl (C=O) groups is 3. The average molecular weight is 2390 g/mol. The van der Waals surface area contributed by atoms with Crippen LogP contribution in [0.15, 0.2) is 342 Å². The number of phenolic OH excluding ortho intramolecular Hbond substituents is 1. The standard InChI is InChI=1S/C36H44N4.C15H10N.2C13H8NS.C9H7NO.3C5H8O2.CH4.3Ir.Pt/c1-9-21-22(10-2)30-18-32-25(13-5)26(14-6)34(39-32)20-36-28(16-8)27(15-7)35(40-36)19-33-24(12-4)23(11-3)31(38-33)17-29(21)37-30;1-2-7-13(8-3-1)15-14-9-5-4-6-12(14)10-11-16-15;2*1-2-7-12-10(5-1)9-13(15-12)11-6-3-4-8-14-11;11-8-5-1-3-7-4-2-6-10-9(7)8;3*1-4(6)3-5(2)7;;;;;/h17-20H,9-16H2,1-8H3;1-7,9-11H;2*1-8H;1-6,11H;3*3,6H,1-2H3;1H4;;;;/q;3*-1;;;;;;;;;. The minimum absolute atomic E-state index is 0. The van der Waals surface area contributed by atoms with Crippen LogP contribution in [-0.2, 0) is 95.8 Å². The Morgan fingerprint density at radius 2 is 0.724 bits per heavy atom. The van der Waals surface area contributed by atoms with Crippen LogP contribution in [-0.4, -0.2) is 80.6 Å². The van der Waals surface area contributed by atoms with Crippen molar-refractivity contribution >= 4 is 105 Å². The van der Waals surface area contributed by atoms with Gasteiger partial charge in [0.15, 0.2) is 17.3 Å². The number of benzene rings is 5. The maximum atomic E-state index is 10.0. The summed E-state index contributed by atoms with van der Waals surface area (Å²) < 4.78 is 2.52. The Morgan fingerprint density at radius 1 is 0.374 bits per heavy atom. The smallest absolute Gasteiger partial charge is 0.155 e. The van der Waals surface area contributed by atoms with Crippen molar-refractivity contribution in [1.29, 1.82) is 0 Å². The third kappa shape index (κ3) is 29.5. The fourth-order valence-corrected chi connectivity index (χ4v) is 15.8. The van der Waals surface area contributed by atoms with Gasteiger partial charge >= 0.3 is 0 Å². The van der Waals surface area contributed by atoms with E-state index < -0.39 is 0 Å². The fourth-order valence-electron chi connectivity index (χ4n) is 13.8. The summed E-state index contributed by atoms with van der Waals surface area (Å²) in [6.45, 7) is 26.5. The maximum Gasteiger partial charge on any atom is 0.155 e. The molecule has 5 aliphatic rings. The van der Waals surface area contributed by atoms with Gasteiger partial charge in [0.1, 0.15) is 11.3 Å². The number of ketones is 3. The van der Waals surface area contributed by atoms with Gasteiger partial charge in [-0.1, -0.05) is 154 Å². The molecule has 0 unspecified atom stereocenters. The molecule has 0 fully saturated rings. The molecule has 0 amide bonds. The number of phenols is 1. The molecule has 4 N–H and O–H groups in total. The molecule has 0 spiro atoms. The van der Waals surface area contributed by atoms with Gasteiger partial charge in [-0.05, 0) is 228 Å². The van der Waals surface area contributed by atoms with Crippen LogP contribution in [0, 0.1) is 18.2 Å². The number of hydrogen-bond donors (Lipinski definition) is 4. The van der Waals surface area contributed by atoms with Crippen molar-refractivity contribution in [3.63, 3.8) is 0 Å². The Bertz CT molecular complexity index is 5470. The van der Waals surface area contributed by atoms with Crippen molar-refractivity contribution in [1.82, 2.24) is 19.9 Å². The summed E-state index contributed by atoms with van der Waals surface area (Å²) in [6.07, 6.45) is 27.2. The molecule has 16 rings (SSSR count). The Morgan fingerprint density at radius 3 is 1.06 bits per heavy atom. The molecule has 21 heteroatoms. The van der Waals surface area contributed by atoms with Crippen molar-refractivity contribution in [2.24, 2.45) is 20.0 Å². The summed E-state index contributed by atoms with van der Waals surface area (Å²) in [5.41, 5.74) is 23.8. The quantitative estimate of drug-likeness (QED) is 0.0454. The van der Waals surface area contributed by atoms with Crippen LogP contribution in [0.4, 0.5) is 0 Å². The average Bonchev–Trinajstić information content (AvgIpc) is 1.46. The molecule has 0 saturated carbocycles. The molecular formula is C102H105Ir3N8O7PtS2-3. The number of aliphatic hydroxyl groups is 3. The minimum Gasteiger partial charge on any atom is -0.512 e. The van der Waals surface area contributed by atoms with Crippen molar-refractivity contribution in [2.45, 2.75) is 156 Å². The molecule has 0 saturated heterocycles. The van der Waals surface area contributed by atoms with E-state index in [9.17, 15) is 19.5 Å². The summed E-state index contributed by atoms with van der Waals surface area (Å²) in [7, 11) is 0. The van der Waals surface area contributed by atoms with Gasteiger partial charge in [-0.25, -0.2) is 42.6 Å². The first-order valence-electron chi connectivity index (χ1n) is 39.8. The minimum atomic E-state index is -0.125. The van der Waals surface area contributed by atoms with Crippen molar-refractivity contribution in [2.75, 3.05) is 0 Å². The van der Waals surface area contributed by atoms with E-state index in [1.807, 2.05) is 128 Å². The SMILES string of the molecule is C.CC(=O)C=C(C)O.CC(=O)C=C(C)O.CC(=O)C=C(C)O.CCC1=C(CC)C2=NC1=CC1=NC(=CC3=NC(=CC4=NC(=C2)C(CC)=C4CC)C(CC)=C3CC)C(CC)=C1CC.Oc1cccc2cccnc12.[Ir].[Ir].[Ir].[Pt].[c-]1c(-c2ccccn2)sc2ccccc12.[c-]1c(-c2ccccn2)sc2ccccc12.[c-]1ccccc1-c1nccc2ccccc12. The Kier molecular flexibility index (Phi) is 45.4. The van der Waals surface area contributed by atoms with Gasteiger partial charge in [-0.2, -0.15) is 0 Å². The topological polar surface area (TPSA) is 233 Å². The molecule has 8 bridgehead atoms. The molecule has 15 nitrogen and oxygen atoms in total. The van der Waals surface area contributed by atoms with E-state index in [2.05, 4.69) is 166 Å². The van der Waals surface area contributed by atoms with Crippen LogP contribution < -0.4 is 0 Å². The van der Waals surface area contributed by atoms with Crippen molar-refractivity contribution < 1.29 is 116 Å². The largest absolute Gasteiger partial charge is 0.512 e. The fraction of sp³-hybridized carbons (Fsp3) is 0.225. The number of hydrogen-bond acceptors (Lipinski definition) is 17. The molecule has 0 atom stereocenters. The molecule has 5 aliphatic heterocycles. The van der Waals surface area contributed by atoms with E-state index in [-0.39, 0.29) is 129 Å². The summed E-state index contributed by atoms with van der Waals surface area (Å²) in [5.74, 6) is 0.0515. The van der Waals surface area contributed by atoms with Gasteiger partial charge in [0.25, 0.3) is 0 Å². The molecule has 5 aromatic carbocycles. The zero-order valence-electron chi connectivity index (χ0n) is 70.9. The predicted octanol–water partition coefficient (Wildman–Crippen LogP) is 26.7. The second kappa shape index (κ2) is 53.1. The first-order chi connectivity index (χ1) is 57.0. The first-order valence-corrected chi connectivity index (χ1v) is 41.4. The number of fused-ring (bicyclic) bond motifs is 8. The first kappa shape index (κ1) is 105. The molecule has 0 aliphatic carbocycles. The Labute approximate surface area is 787 Å². The third-order valence-electron chi connectivity index (χ3n) is 18.8. The molecule has 6 aromatic heterocycles. The van der Waals surface area contributed by atoms with E-state index in [0.717, 1.165) is 135 Å². The number of pyridine rings is 4. The number of carbonyl (C=O) groups excluding carboxylic acids is 3. The number of aromatic nitrogens is 4. The molecule has 647 valence electrons. The Hall–Kier alpha value is -10.2. The second-order valence-electron chi connectivity index (χ2n) is 27.5. The van der Waals surface area contributed by atoms with Crippen LogP contribution in [0.1, 0.15) is 156 Å². The summed E-state index contributed by atoms with van der Waals surface area (Å²) >= 11 is 3.46. The monoisotopic (exact) mass is 2390 g/mol. The zero-order chi connectivity index (χ0) is 84.8. The number of rotatable bonds is 14. The summed E-state index contributed by atoms with van der Waals surface area (Å²) in [4.78, 5) is 70.4.